The van der Waals surface area contributed by atoms with Gasteiger partial charge in [0.15, 0.2) is 5.82 Å². The lowest BCUT2D eigenvalue weighted by Gasteiger charge is -1.92. The van der Waals surface area contributed by atoms with Crippen LogP contribution in [0.4, 0.5) is 0 Å². The van der Waals surface area contributed by atoms with Crippen molar-refractivity contribution < 1.29 is 4.52 Å². The van der Waals surface area contributed by atoms with Crippen LogP contribution in [-0.2, 0) is 6.42 Å². The van der Waals surface area contributed by atoms with Gasteiger partial charge in [-0.2, -0.15) is 4.98 Å². The van der Waals surface area contributed by atoms with Crippen LogP contribution in [0.2, 0.25) is 0 Å². The molecule has 0 spiro atoms. The summed E-state index contributed by atoms with van der Waals surface area (Å²) in [5, 5.41) is 3.79. The third-order valence-corrected chi connectivity index (χ3v) is 2.25. The molecule has 0 atom stereocenters. The molecule has 0 aromatic carbocycles. The number of halogens is 1. The van der Waals surface area contributed by atoms with Crippen molar-refractivity contribution in [2.24, 2.45) is 5.73 Å². The average molecular weight is 269 g/mol. The lowest BCUT2D eigenvalue weighted by Crippen LogP contribution is -2.03. The zero-order valence-corrected chi connectivity index (χ0v) is 9.44. The Kier molecular flexibility index (Phi) is 3.08. The predicted octanol–water partition coefficient (Wildman–Crippen LogP) is 1.40. The van der Waals surface area contributed by atoms with Gasteiger partial charge in [0.05, 0.1) is 0 Å². The van der Waals surface area contributed by atoms with Crippen molar-refractivity contribution in [3.63, 3.8) is 0 Å². The third-order valence-electron chi connectivity index (χ3n) is 1.78. The number of aromatic nitrogens is 3. The van der Waals surface area contributed by atoms with Gasteiger partial charge < -0.3 is 10.3 Å². The van der Waals surface area contributed by atoms with Crippen LogP contribution in [-0.4, -0.2) is 21.7 Å². The number of hydrogen-bond acceptors (Lipinski definition) is 5. The van der Waals surface area contributed by atoms with Gasteiger partial charge in [-0.25, -0.2) is 4.98 Å². The summed E-state index contributed by atoms with van der Waals surface area (Å²) >= 11 is 3.30. The Morgan fingerprint density at radius 3 is 2.93 bits per heavy atom. The van der Waals surface area contributed by atoms with Gasteiger partial charge >= 0.3 is 0 Å². The molecule has 0 radical (unpaired) electrons. The molecule has 0 bridgehead atoms. The second-order valence-electron chi connectivity index (χ2n) is 2.92. The summed E-state index contributed by atoms with van der Waals surface area (Å²) in [6.45, 7) is 0.507. The van der Waals surface area contributed by atoms with Crippen LogP contribution >= 0.6 is 15.9 Å². The van der Waals surface area contributed by atoms with E-state index in [9.17, 15) is 0 Å². The highest BCUT2D eigenvalue weighted by Gasteiger charge is 2.08. The standard InChI is InChI=1S/C9H9BrN4O/c10-6-1-2-7(12-5-6)9-13-8(3-4-11)14-15-9/h1-2,5H,3-4,11H2. The van der Waals surface area contributed by atoms with E-state index in [4.69, 9.17) is 10.3 Å². The van der Waals surface area contributed by atoms with E-state index < -0.39 is 0 Å². The number of nitrogens with zero attached hydrogens (tertiary/aromatic N) is 3. The van der Waals surface area contributed by atoms with Crippen molar-refractivity contribution >= 4 is 15.9 Å². The quantitative estimate of drug-likeness (QED) is 0.911. The van der Waals surface area contributed by atoms with E-state index in [1.54, 1.807) is 6.20 Å². The largest absolute Gasteiger partial charge is 0.332 e. The molecule has 2 heterocycles. The van der Waals surface area contributed by atoms with Gasteiger partial charge in [-0.05, 0) is 34.6 Å². The topological polar surface area (TPSA) is 77.8 Å². The highest BCUT2D eigenvalue weighted by molar-refractivity contribution is 9.10. The lowest BCUT2D eigenvalue weighted by atomic mass is 10.3. The number of pyridine rings is 1. The van der Waals surface area contributed by atoms with Gasteiger partial charge in [0.25, 0.3) is 5.89 Å². The zero-order chi connectivity index (χ0) is 10.7. The first-order valence-electron chi connectivity index (χ1n) is 4.44. The SMILES string of the molecule is NCCc1noc(-c2ccc(Br)cn2)n1. The highest BCUT2D eigenvalue weighted by atomic mass is 79.9. The molecule has 2 rings (SSSR count). The van der Waals surface area contributed by atoms with E-state index in [-0.39, 0.29) is 0 Å². The van der Waals surface area contributed by atoms with Gasteiger partial charge in [0.2, 0.25) is 0 Å². The Bertz CT molecular complexity index is 440. The maximum atomic E-state index is 5.38. The summed E-state index contributed by atoms with van der Waals surface area (Å²) in [7, 11) is 0. The number of rotatable bonds is 3. The molecule has 2 N–H and O–H groups in total. The Morgan fingerprint density at radius 2 is 2.27 bits per heavy atom. The Hall–Kier alpha value is -1.27. The number of nitrogens with two attached hydrogens (primary N) is 1. The van der Waals surface area contributed by atoms with E-state index in [1.165, 1.54) is 0 Å². The van der Waals surface area contributed by atoms with Crippen LogP contribution in [0.3, 0.4) is 0 Å². The fraction of sp³-hybridized carbons (Fsp3) is 0.222. The minimum absolute atomic E-state index is 0.422. The Balaban J connectivity index is 2.25. The van der Waals surface area contributed by atoms with E-state index in [2.05, 4.69) is 31.1 Å². The molecule has 6 heteroatoms. The first-order chi connectivity index (χ1) is 7.29. The molecule has 0 aliphatic rings. The first-order valence-corrected chi connectivity index (χ1v) is 5.23. The van der Waals surface area contributed by atoms with E-state index in [0.717, 1.165) is 4.47 Å². The van der Waals surface area contributed by atoms with Crippen molar-refractivity contribution in [3.8, 4) is 11.6 Å². The summed E-state index contributed by atoms with van der Waals surface area (Å²) in [4.78, 5) is 8.31. The normalized spacial score (nSPS) is 10.5. The average Bonchev–Trinajstić information content (AvgIpc) is 2.68. The molecule has 0 fully saturated rings. The molecule has 0 amide bonds. The summed E-state index contributed by atoms with van der Waals surface area (Å²) < 4.78 is 5.96. The molecule has 0 saturated heterocycles. The predicted molar refractivity (Wildman–Crippen MR) is 58.0 cm³/mol. The third kappa shape index (κ3) is 2.40. The van der Waals surface area contributed by atoms with Crippen LogP contribution < -0.4 is 5.73 Å². The minimum Gasteiger partial charge on any atom is -0.332 e. The van der Waals surface area contributed by atoms with Crippen LogP contribution in [0.15, 0.2) is 27.3 Å². The molecule has 2 aromatic heterocycles. The zero-order valence-electron chi connectivity index (χ0n) is 7.85. The maximum absolute atomic E-state index is 5.38. The summed E-state index contributed by atoms with van der Waals surface area (Å²) in [5.74, 6) is 1.03. The molecule has 0 aliphatic carbocycles. The molecule has 2 aromatic rings. The smallest absolute Gasteiger partial charge is 0.276 e. The van der Waals surface area contributed by atoms with Crippen LogP contribution in [0.1, 0.15) is 5.82 Å². The van der Waals surface area contributed by atoms with Crippen molar-refractivity contribution in [1.82, 2.24) is 15.1 Å². The van der Waals surface area contributed by atoms with Gasteiger partial charge in [0, 0.05) is 17.1 Å². The van der Waals surface area contributed by atoms with Crippen molar-refractivity contribution in [2.75, 3.05) is 6.54 Å². The Labute approximate surface area is 94.8 Å². The lowest BCUT2D eigenvalue weighted by molar-refractivity contribution is 0.421. The van der Waals surface area contributed by atoms with Gasteiger partial charge in [0.1, 0.15) is 5.69 Å². The van der Waals surface area contributed by atoms with Crippen molar-refractivity contribution in [1.29, 1.82) is 0 Å². The maximum Gasteiger partial charge on any atom is 0.276 e. The molecular weight excluding hydrogens is 260 g/mol. The monoisotopic (exact) mass is 268 g/mol. The summed E-state index contributed by atoms with van der Waals surface area (Å²) in [6, 6.07) is 3.68. The molecule has 78 valence electrons. The highest BCUT2D eigenvalue weighted by Crippen LogP contribution is 2.16. The summed E-state index contributed by atoms with van der Waals surface area (Å²) in [6.07, 6.45) is 2.29. The van der Waals surface area contributed by atoms with Crippen molar-refractivity contribution in [3.05, 3.63) is 28.6 Å². The van der Waals surface area contributed by atoms with Gasteiger partial charge in [-0.3, -0.25) is 0 Å². The second-order valence-corrected chi connectivity index (χ2v) is 3.83. The molecule has 5 nitrogen and oxygen atoms in total. The van der Waals surface area contributed by atoms with Gasteiger partial charge in [-0.15, -0.1) is 0 Å². The molecular formula is C9H9BrN4O. The summed E-state index contributed by atoms with van der Waals surface area (Å²) in [5.41, 5.74) is 6.05. The molecule has 0 aliphatic heterocycles. The van der Waals surface area contributed by atoms with Crippen LogP contribution in [0.25, 0.3) is 11.6 Å². The van der Waals surface area contributed by atoms with Crippen LogP contribution in [0.5, 0.6) is 0 Å². The number of hydrogen-bond donors (Lipinski definition) is 1. The van der Waals surface area contributed by atoms with Gasteiger partial charge in [-0.1, -0.05) is 5.16 Å². The Morgan fingerprint density at radius 1 is 1.40 bits per heavy atom. The fourth-order valence-electron chi connectivity index (χ4n) is 1.09. The fourth-order valence-corrected chi connectivity index (χ4v) is 1.33. The van der Waals surface area contributed by atoms with Crippen molar-refractivity contribution in [2.45, 2.75) is 6.42 Å². The molecule has 0 saturated carbocycles. The second kappa shape index (κ2) is 4.50. The van der Waals surface area contributed by atoms with Crippen LogP contribution in [0, 0.1) is 0 Å². The van der Waals surface area contributed by atoms with E-state index >= 15 is 0 Å². The molecule has 15 heavy (non-hydrogen) atoms. The van der Waals surface area contributed by atoms with E-state index in [1.807, 2.05) is 12.1 Å². The first kappa shape index (κ1) is 10.3. The molecule has 0 unspecified atom stereocenters. The van der Waals surface area contributed by atoms with E-state index in [0.29, 0.717) is 30.4 Å². The minimum atomic E-state index is 0.422.